The van der Waals surface area contributed by atoms with Gasteiger partial charge in [-0.1, -0.05) is 11.3 Å². The lowest BCUT2D eigenvalue weighted by Crippen LogP contribution is -2.64. The van der Waals surface area contributed by atoms with Gasteiger partial charge in [0.15, 0.2) is 11.4 Å². The number of carbonyl (C=O) groups excluding carboxylic acids is 5. The van der Waals surface area contributed by atoms with Gasteiger partial charge in [0, 0.05) is 19.5 Å². The van der Waals surface area contributed by atoms with Crippen molar-refractivity contribution in [1.29, 1.82) is 0 Å². The minimum Gasteiger partial charge on any atom is -0.364 e. The Morgan fingerprint density at radius 2 is 1.91 bits per heavy atom. The van der Waals surface area contributed by atoms with Crippen molar-refractivity contribution in [3.8, 4) is 0 Å². The van der Waals surface area contributed by atoms with E-state index in [1.54, 1.807) is 17.5 Å². The van der Waals surface area contributed by atoms with E-state index in [2.05, 4.69) is 15.6 Å². The molecule has 0 aromatic carbocycles. The monoisotopic (exact) mass is 472 g/mol. The molecule has 0 saturated carbocycles. The Labute approximate surface area is 190 Å². The van der Waals surface area contributed by atoms with Gasteiger partial charge in [-0.25, -0.2) is 4.68 Å². The van der Waals surface area contributed by atoms with E-state index >= 15 is 0 Å². The summed E-state index contributed by atoms with van der Waals surface area (Å²) in [5.74, 6) is -2.69. The van der Waals surface area contributed by atoms with Gasteiger partial charge in [0.05, 0.1) is 17.0 Å². The fourth-order valence-electron chi connectivity index (χ4n) is 4.92. The second-order valence-electron chi connectivity index (χ2n) is 8.18. The number of rotatable bonds is 5. The number of thiophene rings is 1. The van der Waals surface area contributed by atoms with E-state index in [0.717, 1.165) is 0 Å². The maximum absolute atomic E-state index is 13.4. The Hall–Kier alpha value is -3.81. The van der Waals surface area contributed by atoms with Gasteiger partial charge in [0.2, 0.25) is 11.8 Å². The van der Waals surface area contributed by atoms with Crippen molar-refractivity contribution >= 4 is 40.9 Å². The number of primary amides is 2. The zero-order chi connectivity index (χ0) is 23.4. The number of fused-ring (bicyclic) bond motifs is 2. The fraction of sp³-hybridized carbons (Fsp3) is 0.421. The van der Waals surface area contributed by atoms with Crippen LogP contribution < -0.4 is 16.8 Å². The van der Waals surface area contributed by atoms with Crippen LogP contribution in [0.5, 0.6) is 0 Å². The molecule has 0 aliphatic carbocycles. The van der Waals surface area contributed by atoms with Gasteiger partial charge in [0.1, 0.15) is 12.1 Å². The molecule has 2 aromatic heterocycles. The zero-order valence-corrected chi connectivity index (χ0v) is 18.0. The van der Waals surface area contributed by atoms with E-state index in [-0.39, 0.29) is 42.1 Å². The number of hydrogen-bond donors (Lipinski definition) is 3. The molecule has 4 unspecified atom stereocenters. The normalized spacial score (nSPS) is 26.3. The van der Waals surface area contributed by atoms with Crippen LogP contribution >= 0.6 is 11.3 Å². The van der Waals surface area contributed by atoms with E-state index in [0.29, 0.717) is 17.8 Å². The van der Waals surface area contributed by atoms with Crippen LogP contribution in [-0.2, 0) is 9.59 Å². The van der Waals surface area contributed by atoms with Crippen LogP contribution in [0, 0.1) is 0 Å². The molecule has 3 aliphatic heterocycles. The average Bonchev–Trinajstić information content (AvgIpc) is 3.56. The summed E-state index contributed by atoms with van der Waals surface area (Å²) in [5.41, 5.74) is 10.0. The van der Waals surface area contributed by atoms with E-state index in [1.807, 2.05) is 0 Å². The average molecular weight is 472 g/mol. The first-order chi connectivity index (χ1) is 15.8. The molecule has 3 aliphatic rings. The molecular weight excluding hydrogens is 452 g/mol. The molecule has 0 radical (unpaired) electrons. The number of hydrogen-bond acceptors (Lipinski definition) is 8. The molecule has 0 spiro atoms. The summed E-state index contributed by atoms with van der Waals surface area (Å²) in [6, 6.07) is 0.807. The van der Waals surface area contributed by atoms with Crippen LogP contribution in [0.15, 0.2) is 17.5 Å². The van der Waals surface area contributed by atoms with Crippen LogP contribution in [0.1, 0.15) is 49.5 Å². The number of nitrogens with one attached hydrogen (secondary N) is 1. The van der Waals surface area contributed by atoms with Gasteiger partial charge in [-0.3, -0.25) is 24.0 Å². The number of nitrogens with zero attached hydrogens (tertiary/aromatic N) is 5. The summed E-state index contributed by atoms with van der Waals surface area (Å²) >= 11 is 1.29. The minimum atomic E-state index is -0.956. The molecule has 5 rings (SSSR count). The van der Waals surface area contributed by atoms with Crippen LogP contribution in [0.3, 0.4) is 0 Å². The van der Waals surface area contributed by atoms with Crippen LogP contribution in [0.2, 0.25) is 0 Å². The molecule has 5 heterocycles. The third-order valence-corrected chi connectivity index (χ3v) is 7.22. The third-order valence-electron chi connectivity index (χ3n) is 6.35. The predicted octanol–water partition coefficient (Wildman–Crippen LogP) is -1.91. The van der Waals surface area contributed by atoms with Crippen molar-refractivity contribution in [2.75, 3.05) is 13.1 Å². The van der Waals surface area contributed by atoms with Crippen molar-refractivity contribution < 1.29 is 24.0 Å². The van der Waals surface area contributed by atoms with Crippen molar-refractivity contribution in [3.05, 3.63) is 33.8 Å². The predicted molar refractivity (Wildman–Crippen MR) is 112 cm³/mol. The minimum absolute atomic E-state index is 0.0764. The number of nitrogens with two attached hydrogens (primary N) is 2. The molecule has 13 nitrogen and oxygen atoms in total. The first-order valence-electron chi connectivity index (χ1n) is 10.3. The second-order valence-corrected chi connectivity index (χ2v) is 9.13. The molecule has 0 bridgehead atoms. The first-order valence-corrected chi connectivity index (χ1v) is 11.2. The smallest absolute Gasteiger partial charge is 0.271 e. The summed E-state index contributed by atoms with van der Waals surface area (Å²) in [5, 5.41) is 12.2. The van der Waals surface area contributed by atoms with Crippen LogP contribution in [0.4, 0.5) is 0 Å². The van der Waals surface area contributed by atoms with Crippen molar-refractivity contribution in [3.63, 3.8) is 0 Å². The largest absolute Gasteiger partial charge is 0.364 e. The van der Waals surface area contributed by atoms with Crippen LogP contribution in [0.25, 0.3) is 0 Å². The highest BCUT2D eigenvalue weighted by Crippen LogP contribution is 2.37. The number of amides is 5. The Morgan fingerprint density at radius 3 is 2.58 bits per heavy atom. The molecule has 3 fully saturated rings. The van der Waals surface area contributed by atoms with Gasteiger partial charge in [-0.05, 0) is 17.9 Å². The summed E-state index contributed by atoms with van der Waals surface area (Å²) in [7, 11) is 0. The van der Waals surface area contributed by atoms with E-state index in [4.69, 9.17) is 11.5 Å². The van der Waals surface area contributed by atoms with Crippen LogP contribution in [-0.4, -0.2) is 85.5 Å². The van der Waals surface area contributed by atoms with Gasteiger partial charge in [0.25, 0.3) is 17.7 Å². The Kier molecular flexibility index (Phi) is 4.88. The van der Waals surface area contributed by atoms with Gasteiger partial charge in [-0.15, -0.1) is 16.4 Å². The SMILES string of the molecule is NC(=O)c1nnn(C2CC3C(=O)N4CCC(NC(=O)c5cccs5)C4C(=O)N3C2)c1C(N)=O. The summed E-state index contributed by atoms with van der Waals surface area (Å²) in [4.78, 5) is 66.1. The van der Waals surface area contributed by atoms with Crippen molar-refractivity contribution in [2.45, 2.75) is 37.0 Å². The lowest BCUT2D eigenvalue weighted by Gasteiger charge is -2.40. The van der Waals surface area contributed by atoms with Gasteiger partial charge < -0.3 is 26.6 Å². The molecule has 3 saturated heterocycles. The van der Waals surface area contributed by atoms with E-state index in [9.17, 15) is 24.0 Å². The molecule has 5 amide bonds. The molecule has 33 heavy (non-hydrogen) atoms. The van der Waals surface area contributed by atoms with Crippen molar-refractivity contribution in [1.82, 2.24) is 30.1 Å². The first kappa shape index (κ1) is 21.1. The Balaban J connectivity index is 1.39. The number of aromatic nitrogens is 3. The van der Waals surface area contributed by atoms with E-state index < -0.39 is 36.0 Å². The second kappa shape index (κ2) is 7.65. The highest BCUT2D eigenvalue weighted by atomic mass is 32.1. The Morgan fingerprint density at radius 1 is 1.12 bits per heavy atom. The topological polar surface area (TPSA) is 187 Å². The number of carbonyl (C=O) groups is 5. The third kappa shape index (κ3) is 3.25. The molecular formula is C19H20N8O5S. The maximum atomic E-state index is 13.4. The van der Waals surface area contributed by atoms with Gasteiger partial charge >= 0.3 is 0 Å². The standard InChI is InChI=1S/C19H20N8O5S/c20-15(28)12-14(16(21)29)27(24-23-12)8-6-10-18(31)25-4-3-9(13(25)19(32)26(10)7-8)22-17(30)11-2-1-5-33-11/h1-2,5,8-10,13H,3-4,6-7H2,(H2,20,28)(H2,21,29)(H,22,30). The number of piperazine rings is 1. The summed E-state index contributed by atoms with van der Waals surface area (Å²) < 4.78 is 1.17. The maximum Gasteiger partial charge on any atom is 0.271 e. The highest BCUT2D eigenvalue weighted by molar-refractivity contribution is 7.12. The molecule has 2 aromatic rings. The molecule has 5 N–H and O–H groups in total. The fourth-order valence-corrected chi connectivity index (χ4v) is 5.54. The molecule has 4 atom stereocenters. The van der Waals surface area contributed by atoms with E-state index in [1.165, 1.54) is 25.8 Å². The van der Waals surface area contributed by atoms with Gasteiger partial charge in [-0.2, -0.15) is 0 Å². The lowest BCUT2D eigenvalue weighted by atomic mass is 10.0. The Bertz CT molecular complexity index is 1180. The molecule has 172 valence electrons. The highest BCUT2D eigenvalue weighted by Gasteiger charge is 2.55. The zero-order valence-electron chi connectivity index (χ0n) is 17.2. The molecule has 14 heteroatoms. The lowest BCUT2D eigenvalue weighted by molar-refractivity contribution is -0.157. The van der Waals surface area contributed by atoms with Crippen molar-refractivity contribution in [2.24, 2.45) is 11.5 Å². The summed E-state index contributed by atoms with van der Waals surface area (Å²) in [6.07, 6.45) is 0.655. The quantitative estimate of drug-likeness (QED) is 0.453. The summed E-state index contributed by atoms with van der Waals surface area (Å²) in [6.45, 7) is 0.425.